The number of benzene rings is 1. The molecule has 1 fully saturated rings. The molecule has 1 saturated heterocycles. The molecule has 0 saturated carbocycles. The summed E-state index contributed by atoms with van der Waals surface area (Å²) in [6.45, 7) is 2.50. The third-order valence-electron chi connectivity index (χ3n) is 3.34. The predicted molar refractivity (Wildman–Crippen MR) is 70.2 cm³/mol. The Hall–Kier alpha value is -1.72. The molecule has 3 rings (SSSR count). The maximum atomic E-state index is 11.9. The largest absolute Gasteiger partial charge is 0.326 e. The Morgan fingerprint density at radius 3 is 3.06 bits per heavy atom. The molecule has 2 heterocycles. The zero-order chi connectivity index (χ0) is 12.5. The van der Waals surface area contributed by atoms with Crippen molar-refractivity contribution in [2.45, 2.75) is 19.0 Å². The van der Waals surface area contributed by atoms with Crippen LogP contribution in [0.2, 0.25) is 0 Å². The average Bonchev–Trinajstić information content (AvgIpc) is 2.75. The SMILES string of the molecule is N[C@H]1CCN(Cc2nc3ccccc3c(=O)[nH]2)C1. The van der Waals surface area contributed by atoms with E-state index < -0.39 is 0 Å². The third kappa shape index (κ3) is 2.14. The summed E-state index contributed by atoms with van der Waals surface area (Å²) in [6, 6.07) is 7.64. The molecule has 3 N–H and O–H groups in total. The van der Waals surface area contributed by atoms with E-state index in [9.17, 15) is 4.79 Å². The number of nitrogens with one attached hydrogen (secondary N) is 1. The highest BCUT2D eigenvalue weighted by Crippen LogP contribution is 2.11. The van der Waals surface area contributed by atoms with Crippen LogP contribution in [0.15, 0.2) is 29.1 Å². The first-order valence-corrected chi connectivity index (χ1v) is 6.18. The molecule has 2 aromatic rings. The van der Waals surface area contributed by atoms with Gasteiger partial charge < -0.3 is 10.7 Å². The van der Waals surface area contributed by atoms with Crippen LogP contribution in [0.25, 0.3) is 10.9 Å². The Labute approximate surface area is 105 Å². The van der Waals surface area contributed by atoms with Crippen LogP contribution in [-0.2, 0) is 6.54 Å². The highest BCUT2D eigenvalue weighted by Gasteiger charge is 2.19. The van der Waals surface area contributed by atoms with Gasteiger partial charge >= 0.3 is 0 Å². The van der Waals surface area contributed by atoms with Crippen molar-refractivity contribution in [1.29, 1.82) is 0 Å². The van der Waals surface area contributed by atoms with Gasteiger partial charge in [0, 0.05) is 19.1 Å². The monoisotopic (exact) mass is 244 g/mol. The minimum absolute atomic E-state index is 0.0703. The summed E-state index contributed by atoms with van der Waals surface area (Å²) in [5.74, 6) is 0.716. The zero-order valence-corrected chi connectivity index (χ0v) is 10.1. The Morgan fingerprint density at radius 2 is 2.28 bits per heavy atom. The molecule has 94 valence electrons. The molecule has 5 nitrogen and oxygen atoms in total. The van der Waals surface area contributed by atoms with Gasteiger partial charge in [0.1, 0.15) is 5.82 Å². The first-order valence-electron chi connectivity index (χ1n) is 6.18. The van der Waals surface area contributed by atoms with Crippen molar-refractivity contribution in [2.75, 3.05) is 13.1 Å². The van der Waals surface area contributed by atoms with Gasteiger partial charge in [-0.1, -0.05) is 12.1 Å². The van der Waals surface area contributed by atoms with Gasteiger partial charge in [-0.15, -0.1) is 0 Å². The van der Waals surface area contributed by atoms with Gasteiger partial charge in [0.05, 0.1) is 17.4 Å². The number of aromatic amines is 1. The van der Waals surface area contributed by atoms with Crippen LogP contribution >= 0.6 is 0 Å². The molecular formula is C13H16N4O. The van der Waals surface area contributed by atoms with Gasteiger partial charge in [0.2, 0.25) is 0 Å². The Bertz CT molecular complexity index is 622. The number of fused-ring (bicyclic) bond motifs is 1. The molecule has 0 radical (unpaired) electrons. The molecule has 0 bridgehead atoms. The van der Waals surface area contributed by atoms with Crippen molar-refractivity contribution in [3.05, 3.63) is 40.4 Å². The van der Waals surface area contributed by atoms with E-state index in [1.54, 1.807) is 6.07 Å². The van der Waals surface area contributed by atoms with E-state index >= 15 is 0 Å². The van der Waals surface area contributed by atoms with Gasteiger partial charge in [0.25, 0.3) is 5.56 Å². The zero-order valence-electron chi connectivity index (χ0n) is 10.1. The lowest BCUT2D eigenvalue weighted by molar-refractivity contribution is 0.318. The fourth-order valence-corrected chi connectivity index (χ4v) is 2.43. The number of rotatable bonds is 2. The minimum Gasteiger partial charge on any atom is -0.326 e. The van der Waals surface area contributed by atoms with Crippen LogP contribution in [0.5, 0.6) is 0 Å². The van der Waals surface area contributed by atoms with Gasteiger partial charge in [-0.3, -0.25) is 9.69 Å². The number of aromatic nitrogens is 2. The van der Waals surface area contributed by atoms with E-state index in [1.807, 2.05) is 18.2 Å². The van der Waals surface area contributed by atoms with Crippen molar-refractivity contribution in [1.82, 2.24) is 14.9 Å². The summed E-state index contributed by atoms with van der Waals surface area (Å²) in [7, 11) is 0. The van der Waals surface area contributed by atoms with Crippen LogP contribution in [0.4, 0.5) is 0 Å². The summed E-state index contributed by atoms with van der Waals surface area (Å²) in [5, 5.41) is 0.638. The quantitative estimate of drug-likeness (QED) is 0.804. The molecule has 0 unspecified atom stereocenters. The topological polar surface area (TPSA) is 75.0 Å². The molecular weight excluding hydrogens is 228 g/mol. The van der Waals surface area contributed by atoms with E-state index in [1.165, 1.54) is 0 Å². The maximum absolute atomic E-state index is 11.9. The van der Waals surface area contributed by atoms with Crippen molar-refractivity contribution in [3.8, 4) is 0 Å². The fourth-order valence-electron chi connectivity index (χ4n) is 2.43. The summed E-state index contributed by atoms with van der Waals surface area (Å²) in [4.78, 5) is 21.4. The molecule has 1 aromatic heterocycles. The second kappa shape index (κ2) is 4.51. The molecule has 0 amide bonds. The number of H-pyrrole nitrogens is 1. The summed E-state index contributed by atoms with van der Waals surface area (Å²) < 4.78 is 0. The average molecular weight is 244 g/mol. The van der Waals surface area contributed by atoms with Crippen molar-refractivity contribution < 1.29 is 0 Å². The molecule has 0 aliphatic carbocycles. The first-order chi connectivity index (χ1) is 8.72. The van der Waals surface area contributed by atoms with E-state index in [0.717, 1.165) is 25.0 Å². The van der Waals surface area contributed by atoms with Gasteiger partial charge in [-0.25, -0.2) is 4.98 Å². The number of hydrogen-bond donors (Lipinski definition) is 2. The molecule has 1 aliphatic heterocycles. The van der Waals surface area contributed by atoms with E-state index in [2.05, 4.69) is 14.9 Å². The Morgan fingerprint density at radius 1 is 1.44 bits per heavy atom. The molecule has 1 atom stereocenters. The van der Waals surface area contributed by atoms with E-state index in [0.29, 0.717) is 17.8 Å². The molecule has 1 aliphatic rings. The predicted octanol–water partition coefficient (Wildman–Crippen LogP) is 0.456. The smallest absolute Gasteiger partial charge is 0.258 e. The molecule has 18 heavy (non-hydrogen) atoms. The standard InChI is InChI=1S/C13H16N4O/c14-9-5-6-17(7-9)8-12-15-11-4-2-1-3-10(11)13(18)16-12/h1-4,9H,5-8,14H2,(H,15,16,18)/t9-/m0/s1. The maximum Gasteiger partial charge on any atom is 0.258 e. The van der Waals surface area contributed by atoms with Crippen molar-refractivity contribution in [3.63, 3.8) is 0 Å². The number of nitrogens with zero attached hydrogens (tertiary/aromatic N) is 2. The van der Waals surface area contributed by atoms with E-state index in [4.69, 9.17) is 5.73 Å². The normalized spacial score (nSPS) is 20.6. The molecule has 0 spiro atoms. The second-order valence-corrected chi connectivity index (χ2v) is 4.81. The van der Waals surface area contributed by atoms with Crippen molar-refractivity contribution >= 4 is 10.9 Å². The molecule has 1 aromatic carbocycles. The number of nitrogens with two attached hydrogens (primary N) is 1. The lowest BCUT2D eigenvalue weighted by Crippen LogP contribution is -2.27. The van der Waals surface area contributed by atoms with Crippen LogP contribution in [0.1, 0.15) is 12.2 Å². The van der Waals surface area contributed by atoms with E-state index in [-0.39, 0.29) is 11.6 Å². The van der Waals surface area contributed by atoms with Gasteiger partial charge in [-0.05, 0) is 18.6 Å². The first kappa shape index (κ1) is 11.4. The lowest BCUT2D eigenvalue weighted by Gasteiger charge is -2.14. The van der Waals surface area contributed by atoms with Crippen molar-refractivity contribution in [2.24, 2.45) is 5.73 Å². The fraction of sp³-hybridized carbons (Fsp3) is 0.385. The highest BCUT2D eigenvalue weighted by atomic mass is 16.1. The lowest BCUT2D eigenvalue weighted by atomic mass is 10.2. The van der Waals surface area contributed by atoms with Crippen LogP contribution in [0, 0.1) is 0 Å². The molecule has 5 heteroatoms. The van der Waals surface area contributed by atoms with Crippen LogP contribution < -0.4 is 11.3 Å². The summed E-state index contributed by atoms with van der Waals surface area (Å²) >= 11 is 0. The summed E-state index contributed by atoms with van der Waals surface area (Å²) in [6.07, 6.45) is 1.01. The Kier molecular flexibility index (Phi) is 2.85. The number of para-hydroxylation sites is 1. The van der Waals surface area contributed by atoms with Gasteiger partial charge in [0.15, 0.2) is 0 Å². The summed E-state index contributed by atoms with van der Waals surface area (Å²) in [5.41, 5.74) is 6.54. The minimum atomic E-state index is -0.0703. The van der Waals surface area contributed by atoms with Crippen LogP contribution in [0.3, 0.4) is 0 Å². The second-order valence-electron chi connectivity index (χ2n) is 4.81. The number of hydrogen-bond acceptors (Lipinski definition) is 4. The van der Waals surface area contributed by atoms with Gasteiger partial charge in [-0.2, -0.15) is 0 Å². The Balaban J connectivity index is 1.91. The third-order valence-corrected chi connectivity index (χ3v) is 3.34. The highest BCUT2D eigenvalue weighted by molar-refractivity contribution is 5.77. The van der Waals surface area contributed by atoms with Crippen LogP contribution in [-0.4, -0.2) is 34.0 Å². The number of likely N-dealkylation sites (tertiary alicyclic amines) is 1.